The summed E-state index contributed by atoms with van der Waals surface area (Å²) in [6, 6.07) is 8.02. The number of urea groups is 1. The fourth-order valence-electron chi connectivity index (χ4n) is 1.70. The molecule has 0 aliphatic rings. The van der Waals surface area contributed by atoms with E-state index < -0.39 is 0 Å². The number of anilines is 1. The number of aromatic nitrogens is 2. The van der Waals surface area contributed by atoms with E-state index in [1.165, 1.54) is 17.0 Å². The van der Waals surface area contributed by atoms with Crippen LogP contribution in [0.4, 0.5) is 10.5 Å². The average molecular weight is 307 g/mol. The summed E-state index contributed by atoms with van der Waals surface area (Å²) in [7, 11) is 0. The number of nitrogens with one attached hydrogen (secondary N) is 2. The molecular formula is C14H15ClN4O2. The summed E-state index contributed by atoms with van der Waals surface area (Å²) in [4.78, 5) is 27.4. The molecule has 1 aromatic carbocycles. The highest BCUT2D eigenvalue weighted by Gasteiger charge is 2.04. The van der Waals surface area contributed by atoms with Crippen LogP contribution in [-0.2, 0) is 6.54 Å². The Bertz CT molecular complexity index is 699. The summed E-state index contributed by atoms with van der Waals surface area (Å²) in [5.74, 6) is 0. The van der Waals surface area contributed by atoms with Crippen LogP contribution in [-0.4, -0.2) is 22.1 Å². The molecule has 0 fully saturated rings. The van der Waals surface area contributed by atoms with Crippen LogP contribution in [0.15, 0.2) is 41.5 Å². The maximum absolute atomic E-state index is 11.7. The Balaban J connectivity index is 1.85. The zero-order valence-electron chi connectivity index (χ0n) is 11.5. The van der Waals surface area contributed by atoms with Crippen LogP contribution in [0.1, 0.15) is 5.69 Å². The van der Waals surface area contributed by atoms with Crippen molar-refractivity contribution >= 4 is 23.3 Å². The van der Waals surface area contributed by atoms with Crippen LogP contribution in [0.5, 0.6) is 0 Å². The number of carbonyl (C=O) groups is 1. The van der Waals surface area contributed by atoms with E-state index in [2.05, 4.69) is 15.6 Å². The van der Waals surface area contributed by atoms with Gasteiger partial charge in [0.25, 0.3) is 5.56 Å². The SMILES string of the molecule is Cc1cc(=O)n(CCNC(=O)Nc2ccccc2Cl)cn1. The van der Waals surface area contributed by atoms with Crippen LogP contribution >= 0.6 is 11.6 Å². The highest BCUT2D eigenvalue weighted by atomic mass is 35.5. The van der Waals surface area contributed by atoms with Gasteiger partial charge in [0.05, 0.1) is 17.0 Å². The second-order valence-electron chi connectivity index (χ2n) is 4.42. The summed E-state index contributed by atoms with van der Waals surface area (Å²) in [5, 5.41) is 5.75. The number of hydrogen-bond acceptors (Lipinski definition) is 3. The van der Waals surface area contributed by atoms with Crippen LogP contribution in [0.3, 0.4) is 0 Å². The minimum Gasteiger partial charge on any atom is -0.336 e. The van der Waals surface area contributed by atoms with Gasteiger partial charge in [0.1, 0.15) is 0 Å². The third kappa shape index (κ3) is 4.32. The number of nitrogens with zero attached hydrogens (tertiary/aromatic N) is 2. The molecule has 1 aromatic heterocycles. The van der Waals surface area contributed by atoms with E-state index in [-0.39, 0.29) is 11.6 Å². The standard InChI is InChI=1S/C14H15ClN4O2/c1-10-8-13(20)19(9-17-10)7-6-16-14(21)18-12-5-3-2-4-11(12)15/h2-5,8-9H,6-7H2,1H3,(H2,16,18,21). The first-order valence-corrected chi connectivity index (χ1v) is 6.76. The van der Waals surface area contributed by atoms with E-state index >= 15 is 0 Å². The normalized spacial score (nSPS) is 10.2. The Labute approximate surface area is 126 Å². The summed E-state index contributed by atoms with van der Waals surface area (Å²) < 4.78 is 1.43. The quantitative estimate of drug-likeness (QED) is 0.907. The Morgan fingerprint density at radius 1 is 1.38 bits per heavy atom. The second-order valence-corrected chi connectivity index (χ2v) is 4.83. The number of benzene rings is 1. The van der Waals surface area contributed by atoms with Gasteiger partial charge in [-0.05, 0) is 19.1 Å². The molecule has 0 atom stereocenters. The minimum atomic E-state index is -0.379. The summed E-state index contributed by atoms with van der Waals surface area (Å²) in [6.07, 6.45) is 1.46. The van der Waals surface area contributed by atoms with Crippen molar-refractivity contribution in [2.24, 2.45) is 0 Å². The van der Waals surface area contributed by atoms with Gasteiger partial charge < -0.3 is 10.6 Å². The van der Waals surface area contributed by atoms with Crippen LogP contribution < -0.4 is 16.2 Å². The largest absolute Gasteiger partial charge is 0.336 e. The van der Waals surface area contributed by atoms with E-state index in [0.29, 0.717) is 29.5 Å². The molecule has 6 nitrogen and oxygen atoms in total. The van der Waals surface area contributed by atoms with Crippen molar-refractivity contribution in [2.75, 3.05) is 11.9 Å². The molecule has 2 amide bonds. The average Bonchev–Trinajstić information content (AvgIpc) is 2.44. The Morgan fingerprint density at radius 3 is 2.86 bits per heavy atom. The lowest BCUT2D eigenvalue weighted by molar-refractivity contribution is 0.251. The van der Waals surface area contributed by atoms with Gasteiger partial charge in [-0.1, -0.05) is 23.7 Å². The van der Waals surface area contributed by atoms with Crippen LogP contribution in [0.25, 0.3) is 0 Å². The molecule has 0 unspecified atom stereocenters. The Kier molecular flexibility index (Phi) is 4.94. The minimum absolute atomic E-state index is 0.143. The Morgan fingerprint density at radius 2 is 2.14 bits per heavy atom. The molecule has 110 valence electrons. The van der Waals surface area contributed by atoms with Crippen molar-refractivity contribution in [3.05, 3.63) is 57.7 Å². The van der Waals surface area contributed by atoms with Gasteiger partial charge in [-0.15, -0.1) is 0 Å². The first-order chi connectivity index (χ1) is 10.1. The first kappa shape index (κ1) is 15.1. The smallest absolute Gasteiger partial charge is 0.319 e. The molecule has 2 N–H and O–H groups in total. The highest BCUT2D eigenvalue weighted by molar-refractivity contribution is 6.33. The maximum atomic E-state index is 11.7. The van der Waals surface area contributed by atoms with Gasteiger partial charge in [0.2, 0.25) is 0 Å². The number of carbonyl (C=O) groups excluding carboxylic acids is 1. The van der Waals surface area contributed by atoms with Crippen molar-refractivity contribution in [3.8, 4) is 0 Å². The third-order valence-electron chi connectivity index (χ3n) is 2.78. The van der Waals surface area contributed by atoms with Crippen molar-refractivity contribution in [3.63, 3.8) is 0 Å². The lowest BCUT2D eigenvalue weighted by atomic mass is 10.3. The fourth-order valence-corrected chi connectivity index (χ4v) is 1.89. The Hall–Kier alpha value is -2.34. The first-order valence-electron chi connectivity index (χ1n) is 6.39. The summed E-state index contributed by atoms with van der Waals surface area (Å²) in [6.45, 7) is 2.41. The predicted octanol–water partition coefficient (Wildman–Crippen LogP) is 2.03. The van der Waals surface area contributed by atoms with E-state index in [9.17, 15) is 9.59 Å². The van der Waals surface area contributed by atoms with Gasteiger partial charge >= 0.3 is 6.03 Å². The number of aryl methyl sites for hydroxylation is 1. The molecule has 2 aromatic rings. The zero-order valence-corrected chi connectivity index (χ0v) is 12.2. The number of amides is 2. The zero-order chi connectivity index (χ0) is 15.2. The monoisotopic (exact) mass is 306 g/mol. The number of hydrogen-bond donors (Lipinski definition) is 2. The fraction of sp³-hybridized carbons (Fsp3) is 0.214. The number of para-hydroxylation sites is 1. The number of rotatable bonds is 4. The van der Waals surface area contributed by atoms with Gasteiger partial charge in [-0.25, -0.2) is 9.78 Å². The molecule has 0 bridgehead atoms. The van der Waals surface area contributed by atoms with E-state index in [1.54, 1.807) is 31.2 Å². The van der Waals surface area contributed by atoms with Crippen LogP contribution in [0, 0.1) is 6.92 Å². The summed E-state index contributed by atoms with van der Waals surface area (Å²) in [5.41, 5.74) is 1.06. The van der Waals surface area contributed by atoms with E-state index in [1.807, 2.05) is 0 Å². The molecule has 1 heterocycles. The van der Waals surface area contributed by atoms with E-state index in [0.717, 1.165) is 0 Å². The lowest BCUT2D eigenvalue weighted by Gasteiger charge is -2.09. The maximum Gasteiger partial charge on any atom is 0.319 e. The molecule has 0 saturated heterocycles. The van der Waals surface area contributed by atoms with E-state index in [4.69, 9.17) is 11.6 Å². The second kappa shape index (κ2) is 6.90. The summed E-state index contributed by atoms with van der Waals surface area (Å²) >= 11 is 5.94. The molecule has 7 heteroatoms. The molecular weight excluding hydrogens is 292 g/mol. The van der Waals surface area contributed by atoms with Gasteiger partial charge in [0, 0.05) is 24.8 Å². The molecule has 0 radical (unpaired) electrons. The predicted molar refractivity (Wildman–Crippen MR) is 81.7 cm³/mol. The van der Waals surface area contributed by atoms with Crippen LogP contribution in [0.2, 0.25) is 5.02 Å². The van der Waals surface area contributed by atoms with Gasteiger partial charge in [-0.2, -0.15) is 0 Å². The topological polar surface area (TPSA) is 76.0 Å². The molecule has 0 spiro atoms. The van der Waals surface area contributed by atoms with Crippen molar-refractivity contribution < 1.29 is 4.79 Å². The van der Waals surface area contributed by atoms with Crippen molar-refractivity contribution in [2.45, 2.75) is 13.5 Å². The van der Waals surface area contributed by atoms with Gasteiger partial charge in [-0.3, -0.25) is 9.36 Å². The molecule has 0 aliphatic carbocycles. The molecule has 2 rings (SSSR count). The highest BCUT2D eigenvalue weighted by Crippen LogP contribution is 2.19. The third-order valence-corrected chi connectivity index (χ3v) is 3.11. The van der Waals surface area contributed by atoms with Crippen molar-refractivity contribution in [1.29, 1.82) is 0 Å². The molecule has 21 heavy (non-hydrogen) atoms. The molecule has 0 aliphatic heterocycles. The van der Waals surface area contributed by atoms with Gasteiger partial charge in [0.15, 0.2) is 0 Å². The molecule has 0 saturated carbocycles. The lowest BCUT2D eigenvalue weighted by Crippen LogP contribution is -2.33. The number of halogens is 1. The van der Waals surface area contributed by atoms with Crippen molar-refractivity contribution in [1.82, 2.24) is 14.9 Å².